The quantitative estimate of drug-likeness (QED) is 0.594. The monoisotopic (exact) mass is 363 g/mol. The Morgan fingerprint density at radius 3 is 2.84 bits per heavy atom. The molecule has 3 heterocycles. The van der Waals surface area contributed by atoms with Crippen molar-refractivity contribution >= 4 is 23.1 Å². The van der Waals surface area contributed by atoms with Crippen molar-refractivity contribution in [1.82, 2.24) is 9.97 Å². The van der Waals surface area contributed by atoms with Gasteiger partial charge in [-0.3, -0.25) is 4.98 Å². The summed E-state index contributed by atoms with van der Waals surface area (Å²) < 4.78 is 0. The van der Waals surface area contributed by atoms with Crippen molar-refractivity contribution in [3.63, 3.8) is 0 Å². The lowest BCUT2D eigenvalue weighted by Crippen LogP contribution is -2.10. The van der Waals surface area contributed by atoms with E-state index in [-0.39, 0.29) is 0 Å². The summed E-state index contributed by atoms with van der Waals surface area (Å²) in [6, 6.07) is 12.5. The number of pyridine rings is 2. The molecule has 0 fully saturated rings. The average molecular weight is 364 g/mol. The summed E-state index contributed by atoms with van der Waals surface area (Å²) in [6.45, 7) is 0. The van der Waals surface area contributed by atoms with Crippen LogP contribution in [0.2, 0.25) is 0 Å². The second-order valence-corrected chi connectivity index (χ2v) is 7.91. The summed E-state index contributed by atoms with van der Waals surface area (Å²) in [5, 5.41) is 12.8. The van der Waals surface area contributed by atoms with Gasteiger partial charge in [0.2, 0.25) is 0 Å². The zero-order valence-electron chi connectivity index (χ0n) is 13.7. The minimum atomic E-state index is 0.726. The Bertz CT molecular complexity index is 912. The standard InChI is InChI=1S/C20H17N3S2/c21-12-16-19(18-9-5-11-24-18)15-7-1-2-8-17(15)23-20(16)25-13-14-6-3-4-10-22-14/h3-6,9-11H,1-2,7-8,13H2. The second kappa shape index (κ2) is 7.38. The molecule has 5 heteroatoms. The molecule has 0 amide bonds. The van der Waals surface area contributed by atoms with Crippen LogP contribution in [0, 0.1) is 11.3 Å². The molecule has 0 radical (unpaired) electrons. The largest absolute Gasteiger partial charge is 0.260 e. The first-order valence-corrected chi connectivity index (χ1v) is 10.3. The Morgan fingerprint density at radius 2 is 2.08 bits per heavy atom. The third-order valence-electron chi connectivity index (χ3n) is 4.40. The van der Waals surface area contributed by atoms with Gasteiger partial charge in [-0.05, 0) is 54.8 Å². The third-order valence-corrected chi connectivity index (χ3v) is 6.30. The highest BCUT2D eigenvalue weighted by Crippen LogP contribution is 2.40. The van der Waals surface area contributed by atoms with Crippen molar-refractivity contribution in [1.29, 1.82) is 5.26 Å². The van der Waals surface area contributed by atoms with E-state index in [1.807, 2.05) is 18.2 Å². The van der Waals surface area contributed by atoms with Crippen molar-refractivity contribution < 1.29 is 0 Å². The Morgan fingerprint density at radius 1 is 1.16 bits per heavy atom. The third kappa shape index (κ3) is 3.33. The molecule has 0 N–H and O–H groups in total. The molecule has 1 aliphatic rings. The van der Waals surface area contributed by atoms with Crippen LogP contribution in [-0.2, 0) is 18.6 Å². The van der Waals surface area contributed by atoms with Crippen molar-refractivity contribution in [3.8, 4) is 16.5 Å². The molecule has 25 heavy (non-hydrogen) atoms. The first-order valence-electron chi connectivity index (χ1n) is 8.39. The average Bonchev–Trinajstić information content (AvgIpc) is 3.20. The molecule has 0 bridgehead atoms. The molecule has 3 aromatic heterocycles. The van der Waals surface area contributed by atoms with E-state index in [1.165, 1.54) is 29.0 Å². The van der Waals surface area contributed by atoms with Crippen LogP contribution in [0.5, 0.6) is 0 Å². The molecule has 0 aromatic carbocycles. The topological polar surface area (TPSA) is 49.6 Å². The fourth-order valence-electron chi connectivity index (χ4n) is 3.25. The molecule has 124 valence electrons. The van der Waals surface area contributed by atoms with Crippen LogP contribution >= 0.6 is 23.1 Å². The van der Waals surface area contributed by atoms with Gasteiger partial charge in [-0.15, -0.1) is 11.3 Å². The van der Waals surface area contributed by atoms with Gasteiger partial charge in [0, 0.05) is 28.1 Å². The molecular weight excluding hydrogens is 346 g/mol. The van der Waals surface area contributed by atoms with E-state index in [0.717, 1.165) is 40.4 Å². The van der Waals surface area contributed by atoms with Crippen LogP contribution in [0.15, 0.2) is 46.9 Å². The lowest BCUT2D eigenvalue weighted by Gasteiger charge is -2.21. The Kier molecular flexibility index (Phi) is 4.82. The fourth-order valence-corrected chi connectivity index (χ4v) is 4.97. The lowest BCUT2D eigenvalue weighted by molar-refractivity contribution is 0.661. The van der Waals surface area contributed by atoms with Crippen molar-refractivity contribution in [3.05, 3.63) is 64.4 Å². The van der Waals surface area contributed by atoms with Gasteiger partial charge >= 0.3 is 0 Å². The molecule has 0 spiro atoms. The van der Waals surface area contributed by atoms with Gasteiger partial charge < -0.3 is 0 Å². The SMILES string of the molecule is N#Cc1c(SCc2ccccn2)nc2c(c1-c1cccs1)CCCC2. The van der Waals surface area contributed by atoms with E-state index < -0.39 is 0 Å². The fraction of sp³-hybridized carbons (Fsp3) is 0.250. The molecular formula is C20H17N3S2. The second-order valence-electron chi connectivity index (χ2n) is 6.00. The first kappa shape index (κ1) is 16.3. The van der Waals surface area contributed by atoms with E-state index >= 15 is 0 Å². The van der Waals surface area contributed by atoms with Gasteiger partial charge in [0.05, 0.1) is 11.3 Å². The zero-order valence-corrected chi connectivity index (χ0v) is 15.4. The summed E-state index contributed by atoms with van der Waals surface area (Å²) >= 11 is 3.32. The maximum absolute atomic E-state index is 9.88. The molecule has 0 atom stereocenters. The predicted octanol–water partition coefficient (Wildman–Crippen LogP) is 5.25. The summed E-state index contributed by atoms with van der Waals surface area (Å²) in [7, 11) is 0. The van der Waals surface area contributed by atoms with Crippen molar-refractivity contribution in [2.24, 2.45) is 0 Å². The smallest absolute Gasteiger partial charge is 0.115 e. The highest BCUT2D eigenvalue weighted by molar-refractivity contribution is 7.98. The maximum atomic E-state index is 9.88. The van der Waals surface area contributed by atoms with Crippen LogP contribution in [-0.4, -0.2) is 9.97 Å². The zero-order chi connectivity index (χ0) is 17.1. The van der Waals surface area contributed by atoms with Gasteiger partial charge in [-0.25, -0.2) is 4.98 Å². The van der Waals surface area contributed by atoms with Crippen molar-refractivity contribution in [2.75, 3.05) is 0 Å². The van der Waals surface area contributed by atoms with Gasteiger partial charge in [0.1, 0.15) is 11.1 Å². The number of hydrogen-bond donors (Lipinski definition) is 0. The van der Waals surface area contributed by atoms with E-state index in [2.05, 4.69) is 28.6 Å². The van der Waals surface area contributed by atoms with E-state index in [9.17, 15) is 5.26 Å². The number of rotatable bonds is 4. The number of aryl methyl sites for hydroxylation is 1. The summed E-state index contributed by atoms with van der Waals surface area (Å²) in [5.74, 6) is 0.727. The van der Waals surface area contributed by atoms with Gasteiger partial charge in [-0.2, -0.15) is 5.26 Å². The highest BCUT2D eigenvalue weighted by atomic mass is 32.2. The lowest BCUT2D eigenvalue weighted by atomic mass is 9.89. The number of aromatic nitrogens is 2. The molecule has 4 rings (SSSR count). The Labute approximate surface area is 155 Å². The van der Waals surface area contributed by atoms with Crippen LogP contribution in [0.1, 0.15) is 35.4 Å². The highest BCUT2D eigenvalue weighted by Gasteiger charge is 2.23. The first-order chi connectivity index (χ1) is 12.4. The normalized spacial score (nSPS) is 13.2. The minimum absolute atomic E-state index is 0.726. The van der Waals surface area contributed by atoms with Gasteiger partial charge in [-0.1, -0.05) is 23.9 Å². The summed E-state index contributed by atoms with van der Waals surface area (Å²) in [6.07, 6.45) is 6.20. The number of thiophene rings is 1. The number of nitrogens with zero attached hydrogens (tertiary/aromatic N) is 3. The molecule has 1 aliphatic carbocycles. The Hall–Kier alpha value is -2.16. The molecule has 0 aliphatic heterocycles. The van der Waals surface area contributed by atoms with Gasteiger partial charge in [0.25, 0.3) is 0 Å². The number of fused-ring (bicyclic) bond motifs is 1. The summed E-state index contributed by atoms with van der Waals surface area (Å²) in [5.41, 5.74) is 5.31. The van der Waals surface area contributed by atoms with E-state index in [0.29, 0.717) is 0 Å². The van der Waals surface area contributed by atoms with Crippen LogP contribution in [0.4, 0.5) is 0 Å². The van der Waals surface area contributed by atoms with E-state index in [1.54, 1.807) is 29.3 Å². The number of thioether (sulfide) groups is 1. The number of nitriles is 1. The molecule has 3 aromatic rings. The van der Waals surface area contributed by atoms with Crippen LogP contribution in [0.3, 0.4) is 0 Å². The Balaban J connectivity index is 1.79. The molecule has 3 nitrogen and oxygen atoms in total. The number of hydrogen-bond acceptors (Lipinski definition) is 5. The van der Waals surface area contributed by atoms with Gasteiger partial charge in [0.15, 0.2) is 0 Å². The predicted molar refractivity (Wildman–Crippen MR) is 103 cm³/mol. The van der Waals surface area contributed by atoms with E-state index in [4.69, 9.17) is 4.98 Å². The molecule has 0 saturated carbocycles. The van der Waals surface area contributed by atoms with Crippen LogP contribution in [0.25, 0.3) is 10.4 Å². The molecule has 0 saturated heterocycles. The van der Waals surface area contributed by atoms with Crippen LogP contribution < -0.4 is 0 Å². The minimum Gasteiger partial charge on any atom is -0.260 e. The molecule has 0 unspecified atom stereocenters. The van der Waals surface area contributed by atoms with Crippen molar-refractivity contribution in [2.45, 2.75) is 36.5 Å². The maximum Gasteiger partial charge on any atom is 0.115 e. The summed E-state index contributed by atoms with van der Waals surface area (Å²) in [4.78, 5) is 10.4.